The third-order valence-electron chi connectivity index (χ3n) is 2.86. The van der Waals surface area contributed by atoms with Crippen molar-refractivity contribution >= 4 is 12.2 Å². The number of aldehydes is 1. The molecular formula is C10H18N2O2. The van der Waals surface area contributed by atoms with Crippen molar-refractivity contribution in [3.8, 4) is 0 Å². The number of amides is 1. The van der Waals surface area contributed by atoms with E-state index in [4.69, 9.17) is 0 Å². The number of rotatable bonds is 3. The second-order valence-electron chi connectivity index (χ2n) is 3.82. The number of piperidine rings is 1. The first-order chi connectivity index (χ1) is 6.69. The maximum Gasteiger partial charge on any atom is 0.236 e. The minimum absolute atomic E-state index is 0.0246. The van der Waals surface area contributed by atoms with E-state index in [-0.39, 0.29) is 17.9 Å². The van der Waals surface area contributed by atoms with Crippen LogP contribution < -0.4 is 5.32 Å². The lowest BCUT2D eigenvalue weighted by Gasteiger charge is -2.33. The van der Waals surface area contributed by atoms with Crippen molar-refractivity contribution in [3.05, 3.63) is 0 Å². The van der Waals surface area contributed by atoms with Gasteiger partial charge in [-0.15, -0.1) is 0 Å². The molecule has 1 N–H and O–H groups in total. The predicted octanol–water partition coefficient (Wildman–Crippen LogP) is 0.0318. The molecule has 0 saturated carbocycles. The van der Waals surface area contributed by atoms with Crippen molar-refractivity contribution in [2.24, 2.45) is 5.92 Å². The van der Waals surface area contributed by atoms with Crippen molar-refractivity contribution < 1.29 is 9.59 Å². The van der Waals surface area contributed by atoms with Crippen LogP contribution in [0.2, 0.25) is 0 Å². The SMILES string of the molecule is CNC(=O)C(C)N1CCCC(C=O)C1. The maximum absolute atomic E-state index is 11.4. The first-order valence-corrected chi connectivity index (χ1v) is 5.10. The molecule has 0 spiro atoms. The highest BCUT2D eigenvalue weighted by molar-refractivity contribution is 5.81. The molecule has 1 heterocycles. The van der Waals surface area contributed by atoms with Gasteiger partial charge in [-0.25, -0.2) is 0 Å². The number of nitrogens with zero attached hydrogens (tertiary/aromatic N) is 1. The molecule has 0 aromatic heterocycles. The van der Waals surface area contributed by atoms with Crippen molar-refractivity contribution in [1.29, 1.82) is 0 Å². The second-order valence-corrected chi connectivity index (χ2v) is 3.82. The molecule has 1 aliphatic rings. The fourth-order valence-electron chi connectivity index (χ4n) is 1.88. The van der Waals surface area contributed by atoms with Gasteiger partial charge >= 0.3 is 0 Å². The zero-order valence-electron chi connectivity index (χ0n) is 8.82. The molecule has 80 valence electrons. The van der Waals surface area contributed by atoms with E-state index in [1.807, 2.05) is 6.92 Å². The molecule has 0 aliphatic carbocycles. The summed E-state index contributed by atoms with van der Waals surface area (Å²) in [5.74, 6) is 0.132. The Morgan fingerprint density at radius 3 is 2.93 bits per heavy atom. The van der Waals surface area contributed by atoms with Gasteiger partial charge in [-0.05, 0) is 26.3 Å². The Morgan fingerprint density at radius 1 is 1.64 bits per heavy atom. The summed E-state index contributed by atoms with van der Waals surface area (Å²) < 4.78 is 0. The molecule has 4 heteroatoms. The monoisotopic (exact) mass is 198 g/mol. The smallest absolute Gasteiger partial charge is 0.236 e. The van der Waals surface area contributed by atoms with Crippen LogP contribution in [-0.2, 0) is 9.59 Å². The highest BCUT2D eigenvalue weighted by Crippen LogP contribution is 2.16. The van der Waals surface area contributed by atoms with Gasteiger partial charge in [-0.2, -0.15) is 0 Å². The van der Waals surface area contributed by atoms with Crippen LogP contribution in [0.25, 0.3) is 0 Å². The summed E-state index contributed by atoms with van der Waals surface area (Å²) in [7, 11) is 1.64. The molecule has 1 saturated heterocycles. The third-order valence-corrected chi connectivity index (χ3v) is 2.86. The molecule has 0 bridgehead atoms. The highest BCUT2D eigenvalue weighted by Gasteiger charge is 2.26. The molecule has 1 aliphatic heterocycles. The molecule has 0 aromatic rings. The van der Waals surface area contributed by atoms with Crippen LogP contribution in [0.5, 0.6) is 0 Å². The van der Waals surface area contributed by atoms with Crippen LogP contribution in [0.1, 0.15) is 19.8 Å². The summed E-state index contributed by atoms with van der Waals surface area (Å²) >= 11 is 0. The van der Waals surface area contributed by atoms with Gasteiger partial charge in [0.05, 0.1) is 6.04 Å². The Labute approximate surface area is 84.7 Å². The Balaban J connectivity index is 2.50. The van der Waals surface area contributed by atoms with Gasteiger partial charge in [-0.1, -0.05) is 0 Å². The lowest BCUT2D eigenvalue weighted by molar-refractivity contribution is -0.127. The molecule has 2 unspecified atom stereocenters. The number of hydrogen-bond acceptors (Lipinski definition) is 3. The molecule has 1 rings (SSSR count). The lowest BCUT2D eigenvalue weighted by atomic mass is 9.98. The molecule has 2 atom stereocenters. The van der Waals surface area contributed by atoms with Crippen LogP contribution in [0, 0.1) is 5.92 Å². The summed E-state index contributed by atoms with van der Waals surface area (Å²) in [6.07, 6.45) is 2.97. The number of carbonyl (C=O) groups is 2. The maximum atomic E-state index is 11.4. The first kappa shape index (κ1) is 11.2. The molecule has 1 fully saturated rings. The van der Waals surface area contributed by atoms with Crippen LogP contribution in [-0.4, -0.2) is 43.3 Å². The Kier molecular flexibility index (Phi) is 4.07. The van der Waals surface area contributed by atoms with E-state index >= 15 is 0 Å². The van der Waals surface area contributed by atoms with Gasteiger partial charge in [0.1, 0.15) is 6.29 Å². The number of likely N-dealkylation sites (N-methyl/N-ethyl adjacent to an activating group) is 1. The van der Waals surface area contributed by atoms with Crippen molar-refractivity contribution in [2.45, 2.75) is 25.8 Å². The summed E-state index contributed by atoms with van der Waals surface area (Å²) in [4.78, 5) is 24.1. The average Bonchev–Trinajstić information content (AvgIpc) is 2.27. The van der Waals surface area contributed by atoms with Gasteiger partial charge in [0.2, 0.25) is 5.91 Å². The zero-order valence-corrected chi connectivity index (χ0v) is 8.82. The van der Waals surface area contributed by atoms with Crippen LogP contribution in [0.15, 0.2) is 0 Å². The highest BCUT2D eigenvalue weighted by atomic mass is 16.2. The normalized spacial score (nSPS) is 25.4. The van der Waals surface area contributed by atoms with Crippen molar-refractivity contribution in [1.82, 2.24) is 10.2 Å². The second kappa shape index (κ2) is 5.10. The quantitative estimate of drug-likeness (QED) is 0.651. The van der Waals surface area contributed by atoms with E-state index in [0.717, 1.165) is 32.2 Å². The Bertz CT molecular complexity index is 218. The molecule has 0 aromatic carbocycles. The number of carbonyl (C=O) groups excluding carboxylic acids is 2. The lowest BCUT2D eigenvalue weighted by Crippen LogP contribution is -2.48. The molecule has 1 amide bonds. The van der Waals surface area contributed by atoms with E-state index in [2.05, 4.69) is 10.2 Å². The fourth-order valence-corrected chi connectivity index (χ4v) is 1.88. The van der Waals surface area contributed by atoms with E-state index in [1.54, 1.807) is 7.05 Å². The molecule has 14 heavy (non-hydrogen) atoms. The summed E-state index contributed by atoms with van der Waals surface area (Å²) in [5.41, 5.74) is 0. The van der Waals surface area contributed by atoms with Gasteiger partial charge in [0.15, 0.2) is 0 Å². The van der Waals surface area contributed by atoms with Crippen LogP contribution in [0.4, 0.5) is 0 Å². The average molecular weight is 198 g/mol. The van der Waals surface area contributed by atoms with E-state index in [1.165, 1.54) is 0 Å². The van der Waals surface area contributed by atoms with Crippen LogP contribution in [0.3, 0.4) is 0 Å². The molecule has 4 nitrogen and oxygen atoms in total. The topological polar surface area (TPSA) is 49.4 Å². The summed E-state index contributed by atoms with van der Waals surface area (Å²) in [6, 6.07) is -0.122. The van der Waals surface area contributed by atoms with Crippen molar-refractivity contribution in [2.75, 3.05) is 20.1 Å². The number of nitrogens with one attached hydrogen (secondary N) is 1. The standard InChI is InChI=1S/C10H18N2O2/c1-8(10(14)11-2)12-5-3-4-9(6-12)7-13/h7-9H,3-6H2,1-2H3,(H,11,14). The summed E-state index contributed by atoms with van der Waals surface area (Å²) in [5, 5.41) is 2.63. The number of likely N-dealkylation sites (tertiary alicyclic amines) is 1. The van der Waals surface area contributed by atoms with E-state index in [0.29, 0.717) is 0 Å². The summed E-state index contributed by atoms with van der Waals surface area (Å²) in [6.45, 7) is 3.52. The van der Waals surface area contributed by atoms with E-state index < -0.39 is 0 Å². The van der Waals surface area contributed by atoms with Gasteiger partial charge in [0.25, 0.3) is 0 Å². The van der Waals surface area contributed by atoms with E-state index in [9.17, 15) is 9.59 Å². The van der Waals surface area contributed by atoms with Crippen molar-refractivity contribution in [3.63, 3.8) is 0 Å². The van der Waals surface area contributed by atoms with Crippen LogP contribution >= 0.6 is 0 Å². The molecule has 0 radical (unpaired) electrons. The zero-order chi connectivity index (χ0) is 10.6. The molecular weight excluding hydrogens is 180 g/mol. The third kappa shape index (κ3) is 2.54. The number of hydrogen-bond donors (Lipinski definition) is 1. The minimum Gasteiger partial charge on any atom is -0.358 e. The van der Waals surface area contributed by atoms with Gasteiger partial charge in [0, 0.05) is 19.5 Å². The van der Waals surface area contributed by atoms with Gasteiger partial charge in [-0.3, -0.25) is 9.69 Å². The fraction of sp³-hybridized carbons (Fsp3) is 0.800. The predicted molar refractivity (Wildman–Crippen MR) is 53.9 cm³/mol. The Hall–Kier alpha value is -0.900. The minimum atomic E-state index is -0.122. The largest absolute Gasteiger partial charge is 0.358 e. The first-order valence-electron chi connectivity index (χ1n) is 5.10. The Morgan fingerprint density at radius 2 is 2.36 bits per heavy atom. The van der Waals surface area contributed by atoms with Gasteiger partial charge < -0.3 is 10.1 Å².